The number of rotatable bonds is 4. The van der Waals surface area contributed by atoms with Crippen LogP contribution in [0.4, 0.5) is 5.69 Å². The largest absolute Gasteiger partial charge is 0.486 e. The summed E-state index contributed by atoms with van der Waals surface area (Å²) in [5, 5.41) is 2.80. The van der Waals surface area contributed by atoms with E-state index in [1.807, 2.05) is 0 Å². The molecule has 1 aromatic heterocycles. The lowest BCUT2D eigenvalue weighted by molar-refractivity contribution is 0.0525. The average molecular weight is 344 g/mol. The van der Waals surface area contributed by atoms with Gasteiger partial charge in [0.1, 0.15) is 18.9 Å². The van der Waals surface area contributed by atoms with E-state index in [0.29, 0.717) is 52.9 Å². The van der Waals surface area contributed by atoms with E-state index in [4.69, 9.17) is 14.2 Å². The van der Waals surface area contributed by atoms with Gasteiger partial charge in [-0.15, -0.1) is 0 Å². The Labute approximate surface area is 145 Å². The molecule has 0 aliphatic carbocycles. The molecule has 0 unspecified atom stereocenters. The maximum absolute atomic E-state index is 12.6. The van der Waals surface area contributed by atoms with Crippen LogP contribution in [-0.2, 0) is 4.74 Å². The fourth-order valence-electron chi connectivity index (χ4n) is 2.80. The summed E-state index contributed by atoms with van der Waals surface area (Å²) in [6.07, 6.45) is 0. The van der Waals surface area contributed by atoms with Gasteiger partial charge in [-0.2, -0.15) is 0 Å². The standard InChI is InChI=1S/C18H20N2O5/c1-4-23-18(22)15-10(2)16(19-11(15)3)17(21)20-12-5-6-13-14(9-12)25-8-7-24-13/h5-6,9,19H,4,7-8H2,1-3H3,(H,20,21). The summed E-state index contributed by atoms with van der Waals surface area (Å²) in [6.45, 7) is 6.46. The molecule has 0 bridgehead atoms. The van der Waals surface area contributed by atoms with Crippen LogP contribution in [0.3, 0.4) is 0 Å². The smallest absolute Gasteiger partial charge is 0.340 e. The number of hydrogen-bond acceptors (Lipinski definition) is 5. The van der Waals surface area contributed by atoms with Gasteiger partial charge in [0.25, 0.3) is 5.91 Å². The van der Waals surface area contributed by atoms with Crippen molar-refractivity contribution in [3.63, 3.8) is 0 Å². The molecule has 25 heavy (non-hydrogen) atoms. The second-order valence-corrected chi connectivity index (χ2v) is 5.66. The van der Waals surface area contributed by atoms with Crippen molar-refractivity contribution < 1.29 is 23.8 Å². The first-order valence-electron chi connectivity index (χ1n) is 8.08. The van der Waals surface area contributed by atoms with Crippen molar-refractivity contribution in [2.75, 3.05) is 25.1 Å². The number of H-pyrrole nitrogens is 1. The third-order valence-electron chi connectivity index (χ3n) is 3.94. The number of aromatic amines is 1. The highest BCUT2D eigenvalue weighted by atomic mass is 16.6. The quantitative estimate of drug-likeness (QED) is 0.833. The van der Waals surface area contributed by atoms with Crippen LogP contribution in [0, 0.1) is 13.8 Å². The third kappa shape index (κ3) is 3.31. The van der Waals surface area contributed by atoms with E-state index in [1.165, 1.54) is 0 Å². The normalized spacial score (nSPS) is 12.6. The number of ether oxygens (including phenoxy) is 3. The van der Waals surface area contributed by atoms with Gasteiger partial charge >= 0.3 is 5.97 Å². The van der Waals surface area contributed by atoms with Crippen molar-refractivity contribution in [1.82, 2.24) is 4.98 Å². The first-order valence-corrected chi connectivity index (χ1v) is 8.08. The van der Waals surface area contributed by atoms with E-state index in [9.17, 15) is 9.59 Å². The highest BCUT2D eigenvalue weighted by molar-refractivity contribution is 6.07. The molecule has 3 rings (SSSR count). The molecule has 7 heteroatoms. The number of esters is 1. The Balaban J connectivity index is 1.82. The number of amides is 1. The van der Waals surface area contributed by atoms with Gasteiger partial charge in [-0.25, -0.2) is 4.79 Å². The van der Waals surface area contributed by atoms with Crippen LogP contribution in [0.5, 0.6) is 11.5 Å². The molecule has 1 aliphatic rings. The van der Waals surface area contributed by atoms with E-state index in [1.54, 1.807) is 39.0 Å². The first kappa shape index (κ1) is 16.9. The molecular weight excluding hydrogens is 324 g/mol. The van der Waals surface area contributed by atoms with Crippen molar-refractivity contribution in [3.05, 3.63) is 40.7 Å². The van der Waals surface area contributed by atoms with Crippen LogP contribution in [0.2, 0.25) is 0 Å². The van der Waals surface area contributed by atoms with Gasteiger partial charge in [-0.1, -0.05) is 0 Å². The molecule has 0 atom stereocenters. The van der Waals surface area contributed by atoms with Gasteiger partial charge in [0.2, 0.25) is 0 Å². The number of benzene rings is 1. The van der Waals surface area contributed by atoms with Crippen LogP contribution >= 0.6 is 0 Å². The zero-order valence-electron chi connectivity index (χ0n) is 14.4. The molecule has 132 valence electrons. The Morgan fingerprint density at radius 1 is 1.20 bits per heavy atom. The lowest BCUT2D eigenvalue weighted by Crippen LogP contribution is -2.17. The molecule has 0 radical (unpaired) electrons. The summed E-state index contributed by atoms with van der Waals surface area (Å²) in [5.41, 5.74) is 2.47. The highest BCUT2D eigenvalue weighted by Crippen LogP contribution is 2.32. The number of nitrogens with one attached hydrogen (secondary N) is 2. The molecule has 1 amide bonds. The van der Waals surface area contributed by atoms with Crippen LogP contribution in [-0.4, -0.2) is 36.7 Å². The van der Waals surface area contributed by atoms with Crippen molar-refractivity contribution in [2.45, 2.75) is 20.8 Å². The van der Waals surface area contributed by atoms with E-state index in [-0.39, 0.29) is 12.5 Å². The SMILES string of the molecule is CCOC(=O)c1c(C)[nH]c(C(=O)Nc2ccc3c(c2)OCCO3)c1C. The molecule has 7 nitrogen and oxygen atoms in total. The average Bonchev–Trinajstić information content (AvgIpc) is 2.89. The minimum Gasteiger partial charge on any atom is -0.486 e. The number of anilines is 1. The summed E-state index contributed by atoms with van der Waals surface area (Å²) in [4.78, 5) is 27.6. The molecule has 0 fully saturated rings. The predicted octanol–water partition coefficient (Wildman–Crippen LogP) is 2.83. The Bertz CT molecular complexity index is 825. The number of aromatic nitrogens is 1. The lowest BCUT2D eigenvalue weighted by atomic mass is 10.1. The summed E-state index contributed by atoms with van der Waals surface area (Å²) in [7, 11) is 0. The monoisotopic (exact) mass is 344 g/mol. The van der Waals surface area contributed by atoms with E-state index < -0.39 is 5.97 Å². The zero-order valence-corrected chi connectivity index (χ0v) is 14.4. The highest BCUT2D eigenvalue weighted by Gasteiger charge is 2.23. The van der Waals surface area contributed by atoms with Gasteiger partial charge in [0, 0.05) is 17.4 Å². The molecule has 2 aromatic rings. The Kier molecular flexibility index (Phi) is 4.65. The molecular formula is C18H20N2O5. The molecule has 0 saturated heterocycles. The van der Waals surface area contributed by atoms with E-state index >= 15 is 0 Å². The topological polar surface area (TPSA) is 89.7 Å². The van der Waals surface area contributed by atoms with Crippen LogP contribution < -0.4 is 14.8 Å². The van der Waals surface area contributed by atoms with Gasteiger partial charge < -0.3 is 24.5 Å². The Morgan fingerprint density at radius 3 is 2.64 bits per heavy atom. The molecule has 1 aromatic carbocycles. The van der Waals surface area contributed by atoms with Gasteiger partial charge in [-0.05, 0) is 38.5 Å². The van der Waals surface area contributed by atoms with E-state index in [0.717, 1.165) is 0 Å². The van der Waals surface area contributed by atoms with Crippen molar-refractivity contribution >= 4 is 17.6 Å². The maximum atomic E-state index is 12.6. The lowest BCUT2D eigenvalue weighted by Gasteiger charge is -2.19. The van der Waals surface area contributed by atoms with Crippen LogP contribution in [0.15, 0.2) is 18.2 Å². The number of hydrogen-bond donors (Lipinski definition) is 2. The second-order valence-electron chi connectivity index (χ2n) is 5.66. The molecule has 1 aliphatic heterocycles. The number of fused-ring (bicyclic) bond motifs is 1. The van der Waals surface area contributed by atoms with Gasteiger partial charge in [0.15, 0.2) is 11.5 Å². The number of carbonyl (C=O) groups excluding carboxylic acids is 2. The molecule has 0 saturated carbocycles. The minimum absolute atomic E-state index is 0.279. The van der Waals surface area contributed by atoms with Crippen molar-refractivity contribution in [2.24, 2.45) is 0 Å². The first-order chi connectivity index (χ1) is 12.0. The maximum Gasteiger partial charge on any atom is 0.340 e. The van der Waals surface area contributed by atoms with Crippen LogP contribution in [0.1, 0.15) is 39.0 Å². The Hall–Kier alpha value is -2.96. The fourth-order valence-corrected chi connectivity index (χ4v) is 2.80. The molecule has 0 spiro atoms. The zero-order chi connectivity index (χ0) is 18.0. The predicted molar refractivity (Wildman–Crippen MR) is 91.6 cm³/mol. The fraction of sp³-hybridized carbons (Fsp3) is 0.333. The summed E-state index contributed by atoms with van der Waals surface area (Å²) in [6, 6.07) is 5.20. The van der Waals surface area contributed by atoms with Gasteiger partial charge in [-0.3, -0.25) is 4.79 Å². The van der Waals surface area contributed by atoms with Crippen molar-refractivity contribution in [3.8, 4) is 11.5 Å². The van der Waals surface area contributed by atoms with E-state index in [2.05, 4.69) is 10.3 Å². The summed E-state index contributed by atoms with van der Waals surface area (Å²) in [5.74, 6) is 0.469. The summed E-state index contributed by atoms with van der Waals surface area (Å²) >= 11 is 0. The van der Waals surface area contributed by atoms with Crippen LogP contribution in [0.25, 0.3) is 0 Å². The number of carbonyl (C=O) groups is 2. The Morgan fingerprint density at radius 2 is 1.92 bits per heavy atom. The molecule has 2 heterocycles. The molecule has 2 N–H and O–H groups in total. The summed E-state index contributed by atoms with van der Waals surface area (Å²) < 4.78 is 16.0. The number of aryl methyl sites for hydroxylation is 1. The minimum atomic E-state index is -0.438. The third-order valence-corrected chi connectivity index (χ3v) is 3.94. The van der Waals surface area contributed by atoms with Crippen molar-refractivity contribution in [1.29, 1.82) is 0 Å². The van der Waals surface area contributed by atoms with Gasteiger partial charge in [0.05, 0.1) is 12.2 Å². The second kappa shape index (κ2) is 6.88.